The smallest absolute Gasteiger partial charge is 0.306 e. The zero-order chi connectivity index (χ0) is 16.0. The van der Waals surface area contributed by atoms with Gasteiger partial charge in [0.1, 0.15) is 11.3 Å². The number of rotatable bonds is 7. The molecule has 1 atom stereocenters. The molecule has 1 aromatic carbocycles. The number of amides is 1. The first-order chi connectivity index (χ1) is 9.96. The third-order valence-electron chi connectivity index (χ3n) is 3.50. The standard InChI is InChI=1S/C14H22N4O3/c1-4-10(3)9-17(5-2)14(19)11-7-6-8-12(16-15)13(11)18(20)21/h6-8,10,16H,4-5,9,15H2,1-3H3. The number of para-hydroxylation sites is 1. The molecular formula is C14H22N4O3. The van der Waals surface area contributed by atoms with Crippen molar-refractivity contribution in [2.24, 2.45) is 11.8 Å². The Balaban J connectivity index is 3.19. The minimum Gasteiger partial charge on any atom is -0.338 e. The predicted molar refractivity (Wildman–Crippen MR) is 81.9 cm³/mol. The van der Waals surface area contributed by atoms with Gasteiger partial charge in [-0.1, -0.05) is 26.3 Å². The van der Waals surface area contributed by atoms with Crippen molar-refractivity contribution in [1.29, 1.82) is 0 Å². The molecule has 0 saturated carbocycles. The Kier molecular flexibility index (Phi) is 6.10. The first-order valence-corrected chi connectivity index (χ1v) is 6.99. The van der Waals surface area contributed by atoms with Gasteiger partial charge in [0.15, 0.2) is 0 Å². The molecule has 0 heterocycles. The van der Waals surface area contributed by atoms with Gasteiger partial charge in [-0.05, 0) is 25.0 Å². The third kappa shape index (κ3) is 3.91. The Morgan fingerprint density at radius 1 is 1.48 bits per heavy atom. The highest BCUT2D eigenvalue weighted by Crippen LogP contribution is 2.29. The lowest BCUT2D eigenvalue weighted by molar-refractivity contribution is -0.384. The van der Waals surface area contributed by atoms with E-state index >= 15 is 0 Å². The van der Waals surface area contributed by atoms with Crippen molar-refractivity contribution in [1.82, 2.24) is 4.90 Å². The number of nitrogen functional groups attached to an aromatic ring is 1. The van der Waals surface area contributed by atoms with Crippen LogP contribution >= 0.6 is 0 Å². The Hall–Kier alpha value is -2.15. The molecule has 7 heteroatoms. The van der Waals surface area contributed by atoms with Gasteiger partial charge in [0.25, 0.3) is 5.91 Å². The molecule has 0 spiro atoms. The lowest BCUT2D eigenvalue weighted by Gasteiger charge is -2.24. The van der Waals surface area contributed by atoms with Gasteiger partial charge in [-0.2, -0.15) is 0 Å². The molecule has 3 N–H and O–H groups in total. The second-order valence-corrected chi connectivity index (χ2v) is 4.96. The SMILES string of the molecule is CCC(C)CN(CC)C(=O)c1cccc(NN)c1[N+](=O)[O-]. The number of nitrogens with zero attached hydrogens (tertiary/aromatic N) is 2. The Bertz CT molecular complexity index is 519. The average Bonchev–Trinajstić information content (AvgIpc) is 2.50. The first kappa shape index (κ1) is 16.9. The van der Waals surface area contributed by atoms with Crippen LogP contribution in [0.5, 0.6) is 0 Å². The zero-order valence-electron chi connectivity index (χ0n) is 12.6. The van der Waals surface area contributed by atoms with Crippen LogP contribution in [0.15, 0.2) is 18.2 Å². The summed E-state index contributed by atoms with van der Waals surface area (Å²) in [6, 6.07) is 4.51. The fourth-order valence-corrected chi connectivity index (χ4v) is 2.06. The van der Waals surface area contributed by atoms with Gasteiger partial charge in [-0.25, -0.2) is 0 Å². The number of hydrogen-bond acceptors (Lipinski definition) is 5. The normalized spacial score (nSPS) is 11.8. The van der Waals surface area contributed by atoms with E-state index in [1.54, 1.807) is 11.0 Å². The summed E-state index contributed by atoms with van der Waals surface area (Å²) in [6.45, 7) is 7.02. The minimum absolute atomic E-state index is 0.0561. The molecule has 7 nitrogen and oxygen atoms in total. The number of nitro benzene ring substituents is 1. The predicted octanol–water partition coefficient (Wildman–Crippen LogP) is 2.39. The van der Waals surface area contributed by atoms with Crippen molar-refractivity contribution in [3.63, 3.8) is 0 Å². The molecule has 0 radical (unpaired) electrons. The van der Waals surface area contributed by atoms with E-state index in [0.717, 1.165) is 6.42 Å². The van der Waals surface area contributed by atoms with E-state index in [1.807, 2.05) is 20.8 Å². The van der Waals surface area contributed by atoms with Crippen molar-refractivity contribution >= 4 is 17.3 Å². The largest absolute Gasteiger partial charge is 0.338 e. The summed E-state index contributed by atoms with van der Waals surface area (Å²) in [7, 11) is 0. The second kappa shape index (κ2) is 7.58. The number of hydrogen-bond donors (Lipinski definition) is 2. The number of nitrogens with two attached hydrogens (primary N) is 1. The van der Waals surface area contributed by atoms with Crippen LogP contribution in [0.2, 0.25) is 0 Å². The van der Waals surface area contributed by atoms with Gasteiger partial charge < -0.3 is 10.3 Å². The Morgan fingerprint density at radius 2 is 2.14 bits per heavy atom. The highest BCUT2D eigenvalue weighted by molar-refractivity contribution is 6.00. The number of carbonyl (C=O) groups excluding carboxylic acids is 1. The number of hydrazine groups is 1. The molecule has 1 amide bonds. The van der Waals surface area contributed by atoms with Crippen LogP contribution in [0.25, 0.3) is 0 Å². The molecular weight excluding hydrogens is 272 g/mol. The maximum atomic E-state index is 12.6. The number of nitrogens with one attached hydrogen (secondary N) is 1. The fraction of sp³-hybridized carbons (Fsp3) is 0.500. The van der Waals surface area contributed by atoms with E-state index in [9.17, 15) is 14.9 Å². The van der Waals surface area contributed by atoms with Gasteiger partial charge in [-0.3, -0.25) is 20.8 Å². The van der Waals surface area contributed by atoms with Gasteiger partial charge in [0, 0.05) is 13.1 Å². The molecule has 1 aromatic rings. The lowest BCUT2D eigenvalue weighted by Crippen LogP contribution is -2.35. The van der Waals surface area contributed by atoms with E-state index in [2.05, 4.69) is 5.43 Å². The van der Waals surface area contributed by atoms with E-state index in [0.29, 0.717) is 19.0 Å². The molecule has 0 fully saturated rings. The monoisotopic (exact) mass is 294 g/mol. The van der Waals surface area contributed by atoms with Crippen LogP contribution in [-0.2, 0) is 0 Å². The summed E-state index contributed by atoms with van der Waals surface area (Å²) in [6.07, 6.45) is 0.941. The average molecular weight is 294 g/mol. The van der Waals surface area contributed by atoms with Crippen molar-refractivity contribution < 1.29 is 9.72 Å². The number of anilines is 1. The molecule has 1 rings (SSSR count). The topological polar surface area (TPSA) is 102 Å². The Morgan fingerprint density at radius 3 is 2.62 bits per heavy atom. The van der Waals surface area contributed by atoms with E-state index in [1.165, 1.54) is 12.1 Å². The van der Waals surface area contributed by atoms with Crippen molar-refractivity contribution in [3.05, 3.63) is 33.9 Å². The third-order valence-corrected chi connectivity index (χ3v) is 3.50. The highest BCUT2D eigenvalue weighted by atomic mass is 16.6. The van der Waals surface area contributed by atoms with Gasteiger partial charge in [0.05, 0.1) is 4.92 Å². The van der Waals surface area contributed by atoms with Crippen LogP contribution in [0.1, 0.15) is 37.6 Å². The summed E-state index contributed by atoms with van der Waals surface area (Å²) in [5.74, 6) is 5.28. The van der Waals surface area contributed by atoms with Crippen LogP contribution in [0, 0.1) is 16.0 Å². The molecule has 1 unspecified atom stereocenters. The van der Waals surface area contributed by atoms with Crippen LogP contribution in [0.3, 0.4) is 0 Å². The van der Waals surface area contributed by atoms with E-state index < -0.39 is 4.92 Å². The lowest BCUT2D eigenvalue weighted by atomic mass is 10.1. The molecule has 0 aliphatic carbocycles. The van der Waals surface area contributed by atoms with Gasteiger partial charge in [-0.15, -0.1) is 0 Å². The summed E-state index contributed by atoms with van der Waals surface area (Å²) in [5.41, 5.74) is 2.17. The van der Waals surface area contributed by atoms with Crippen molar-refractivity contribution in [2.45, 2.75) is 27.2 Å². The summed E-state index contributed by atoms with van der Waals surface area (Å²) in [5, 5.41) is 11.2. The summed E-state index contributed by atoms with van der Waals surface area (Å²) < 4.78 is 0. The molecule has 116 valence electrons. The quantitative estimate of drug-likeness (QED) is 0.457. The number of carbonyl (C=O) groups is 1. The van der Waals surface area contributed by atoms with E-state index in [-0.39, 0.29) is 22.8 Å². The number of nitro groups is 1. The summed E-state index contributed by atoms with van der Waals surface area (Å²) >= 11 is 0. The molecule has 0 aromatic heterocycles. The van der Waals surface area contributed by atoms with E-state index in [4.69, 9.17) is 5.84 Å². The molecule has 0 aliphatic heterocycles. The maximum Gasteiger partial charge on any atom is 0.306 e. The van der Waals surface area contributed by atoms with Crippen LogP contribution in [-0.4, -0.2) is 28.8 Å². The number of benzene rings is 1. The summed E-state index contributed by atoms with van der Waals surface area (Å²) in [4.78, 5) is 24.8. The van der Waals surface area contributed by atoms with Crippen molar-refractivity contribution in [2.75, 3.05) is 18.5 Å². The zero-order valence-corrected chi connectivity index (χ0v) is 12.6. The molecule has 21 heavy (non-hydrogen) atoms. The van der Waals surface area contributed by atoms with Crippen LogP contribution in [0.4, 0.5) is 11.4 Å². The fourth-order valence-electron chi connectivity index (χ4n) is 2.06. The van der Waals surface area contributed by atoms with Crippen LogP contribution < -0.4 is 11.3 Å². The highest BCUT2D eigenvalue weighted by Gasteiger charge is 2.27. The van der Waals surface area contributed by atoms with Crippen molar-refractivity contribution in [3.8, 4) is 0 Å². The molecule has 0 saturated heterocycles. The van der Waals surface area contributed by atoms with Gasteiger partial charge in [0.2, 0.25) is 0 Å². The second-order valence-electron chi connectivity index (χ2n) is 4.96. The first-order valence-electron chi connectivity index (χ1n) is 6.99. The minimum atomic E-state index is -0.584. The molecule has 0 aliphatic rings. The molecule has 0 bridgehead atoms. The van der Waals surface area contributed by atoms with Gasteiger partial charge >= 0.3 is 5.69 Å². The maximum absolute atomic E-state index is 12.6. The Labute approximate surface area is 124 Å².